The molecule has 2 N–H and O–H groups in total. The van der Waals surface area contributed by atoms with Crippen molar-refractivity contribution in [2.24, 2.45) is 5.41 Å². The summed E-state index contributed by atoms with van der Waals surface area (Å²) in [5.74, 6) is -0.633. The minimum Gasteiger partial charge on any atom is -0.459 e. The number of amides is 2. The maximum Gasteiger partial charge on any atom is 0.305 e. The molecule has 148 valence electrons. The number of nitrogens with zero attached hydrogens (tertiary/aromatic N) is 2. The first kappa shape index (κ1) is 17.8. The van der Waals surface area contributed by atoms with Crippen LogP contribution in [-0.2, 0) is 15.6 Å². The highest BCUT2D eigenvalue weighted by Gasteiger charge is 2.73. The highest BCUT2D eigenvalue weighted by molar-refractivity contribution is 5.97. The number of hydrogen-bond acceptors (Lipinski definition) is 5. The van der Waals surface area contributed by atoms with Gasteiger partial charge in [0.2, 0.25) is 0 Å². The molecule has 29 heavy (non-hydrogen) atoms. The molecule has 2 amide bonds. The molecule has 2 aliphatic carbocycles. The van der Waals surface area contributed by atoms with Crippen molar-refractivity contribution < 1.29 is 14.0 Å². The maximum atomic E-state index is 13.5. The van der Waals surface area contributed by atoms with E-state index in [2.05, 4.69) is 31.6 Å². The Bertz CT molecular complexity index is 1150. The van der Waals surface area contributed by atoms with Crippen LogP contribution < -0.4 is 10.9 Å². The third kappa shape index (κ3) is 2.07. The molecule has 1 fully saturated rings. The number of aromatic nitrogens is 2. The van der Waals surface area contributed by atoms with Gasteiger partial charge in [0.25, 0.3) is 5.91 Å². The van der Waals surface area contributed by atoms with Gasteiger partial charge in [0.15, 0.2) is 5.76 Å². The molecule has 2 aliphatic rings. The molecular weight excluding hydrogens is 368 g/mol. The molecule has 2 heterocycles. The zero-order valence-corrected chi connectivity index (χ0v) is 16.6. The summed E-state index contributed by atoms with van der Waals surface area (Å²) in [5.41, 5.74) is 6.75. The summed E-state index contributed by atoms with van der Waals surface area (Å²) < 4.78 is 5.09. The van der Waals surface area contributed by atoms with Gasteiger partial charge in [0.1, 0.15) is 5.41 Å². The molecule has 2 atom stereocenters. The standard InChI is InChI=1S/C22H22N4O3/c1-20(2)21(3)10-11-22(20,19(28)26-25-18(27)15-9-6-12-29-15)17-16(21)23-13-7-4-5-8-14(13)24-17/h4-9,12H,10-11H2,1-3H3,(H,25,27)(H,26,28). The van der Waals surface area contributed by atoms with Gasteiger partial charge in [-0.2, -0.15) is 0 Å². The van der Waals surface area contributed by atoms with E-state index in [0.29, 0.717) is 6.42 Å². The van der Waals surface area contributed by atoms with Gasteiger partial charge in [0, 0.05) is 5.41 Å². The highest BCUT2D eigenvalue weighted by Crippen LogP contribution is 2.70. The summed E-state index contributed by atoms with van der Waals surface area (Å²) in [6.45, 7) is 6.36. The van der Waals surface area contributed by atoms with E-state index in [0.717, 1.165) is 28.8 Å². The number of furan rings is 1. The van der Waals surface area contributed by atoms with Gasteiger partial charge in [-0.25, -0.2) is 9.97 Å². The van der Waals surface area contributed by atoms with Crippen molar-refractivity contribution in [3.05, 3.63) is 59.8 Å². The van der Waals surface area contributed by atoms with Gasteiger partial charge in [-0.3, -0.25) is 20.4 Å². The first-order valence-corrected chi connectivity index (χ1v) is 9.73. The third-order valence-electron chi connectivity index (χ3n) is 7.37. The smallest absolute Gasteiger partial charge is 0.305 e. The number of para-hydroxylation sites is 2. The Labute approximate surface area is 167 Å². The minimum atomic E-state index is -0.870. The second kappa shape index (κ2) is 5.65. The SMILES string of the molecule is CC12CCC(C(=O)NNC(=O)c3ccco3)(c3nc4ccccc4nc31)C2(C)C. The highest BCUT2D eigenvalue weighted by atomic mass is 16.3. The van der Waals surface area contributed by atoms with E-state index in [9.17, 15) is 9.59 Å². The zero-order valence-electron chi connectivity index (χ0n) is 16.6. The molecule has 3 aromatic rings. The fourth-order valence-corrected chi connectivity index (χ4v) is 5.24. The van der Waals surface area contributed by atoms with E-state index in [-0.39, 0.29) is 17.1 Å². The largest absolute Gasteiger partial charge is 0.459 e. The van der Waals surface area contributed by atoms with Crippen molar-refractivity contribution in [2.75, 3.05) is 0 Å². The second-order valence-electron chi connectivity index (χ2n) is 8.66. The maximum absolute atomic E-state index is 13.5. The Balaban J connectivity index is 1.57. The summed E-state index contributed by atoms with van der Waals surface area (Å²) in [7, 11) is 0. The number of hydrazine groups is 1. The van der Waals surface area contributed by atoms with Gasteiger partial charge < -0.3 is 4.42 Å². The van der Waals surface area contributed by atoms with Crippen LogP contribution in [0.5, 0.6) is 0 Å². The topological polar surface area (TPSA) is 97.1 Å². The van der Waals surface area contributed by atoms with Crippen LogP contribution in [0.15, 0.2) is 47.1 Å². The summed E-state index contributed by atoms with van der Waals surface area (Å²) in [6, 6.07) is 10.9. The van der Waals surface area contributed by atoms with E-state index < -0.39 is 16.7 Å². The van der Waals surface area contributed by atoms with E-state index in [1.165, 1.54) is 6.26 Å². The van der Waals surface area contributed by atoms with Crippen molar-refractivity contribution in [3.8, 4) is 0 Å². The van der Waals surface area contributed by atoms with E-state index >= 15 is 0 Å². The van der Waals surface area contributed by atoms with Crippen LogP contribution in [0.4, 0.5) is 0 Å². The van der Waals surface area contributed by atoms with Crippen LogP contribution in [-0.4, -0.2) is 21.8 Å². The molecule has 7 nitrogen and oxygen atoms in total. The predicted molar refractivity (Wildman–Crippen MR) is 106 cm³/mol. The lowest BCUT2D eigenvalue weighted by atomic mass is 9.63. The molecule has 1 aromatic carbocycles. The van der Waals surface area contributed by atoms with Gasteiger partial charge >= 0.3 is 5.91 Å². The molecule has 0 saturated heterocycles. The normalized spacial score (nSPS) is 26.3. The Morgan fingerprint density at radius 2 is 1.62 bits per heavy atom. The van der Waals surface area contributed by atoms with Gasteiger partial charge in [-0.15, -0.1) is 0 Å². The van der Waals surface area contributed by atoms with Crippen LogP contribution in [0.25, 0.3) is 11.0 Å². The van der Waals surface area contributed by atoms with E-state index in [1.54, 1.807) is 12.1 Å². The molecule has 1 saturated carbocycles. The number of carbonyl (C=O) groups excluding carboxylic acids is 2. The Kier molecular flexibility index (Phi) is 3.48. The Morgan fingerprint density at radius 3 is 2.28 bits per heavy atom. The lowest BCUT2D eigenvalue weighted by Gasteiger charge is -2.39. The van der Waals surface area contributed by atoms with Crippen LogP contribution in [0, 0.1) is 5.41 Å². The van der Waals surface area contributed by atoms with Gasteiger partial charge in [-0.1, -0.05) is 32.9 Å². The summed E-state index contributed by atoms with van der Waals surface area (Å²) in [4.78, 5) is 35.6. The molecule has 2 aromatic heterocycles. The van der Waals surface area contributed by atoms with E-state index in [4.69, 9.17) is 14.4 Å². The van der Waals surface area contributed by atoms with Crippen molar-refractivity contribution in [2.45, 2.75) is 44.4 Å². The van der Waals surface area contributed by atoms with Crippen LogP contribution in [0.1, 0.15) is 55.6 Å². The Morgan fingerprint density at radius 1 is 0.931 bits per heavy atom. The van der Waals surface area contributed by atoms with Crippen molar-refractivity contribution >= 4 is 22.8 Å². The number of benzene rings is 1. The first-order valence-electron chi connectivity index (χ1n) is 9.73. The molecule has 0 spiro atoms. The number of rotatable bonds is 2. The molecule has 2 bridgehead atoms. The molecule has 5 rings (SSSR count). The minimum absolute atomic E-state index is 0.135. The zero-order chi connectivity index (χ0) is 20.4. The summed E-state index contributed by atoms with van der Waals surface area (Å²) in [6.07, 6.45) is 2.90. The van der Waals surface area contributed by atoms with Gasteiger partial charge in [0.05, 0.1) is 28.7 Å². The van der Waals surface area contributed by atoms with Crippen molar-refractivity contribution in [1.29, 1.82) is 0 Å². The number of nitrogens with one attached hydrogen (secondary N) is 2. The molecule has 2 unspecified atom stereocenters. The van der Waals surface area contributed by atoms with Gasteiger partial charge in [-0.05, 0) is 42.5 Å². The monoisotopic (exact) mass is 390 g/mol. The average molecular weight is 390 g/mol. The predicted octanol–water partition coefficient (Wildman–Crippen LogP) is 3.01. The van der Waals surface area contributed by atoms with Crippen LogP contribution in [0.2, 0.25) is 0 Å². The van der Waals surface area contributed by atoms with Crippen LogP contribution in [0.3, 0.4) is 0 Å². The van der Waals surface area contributed by atoms with Crippen molar-refractivity contribution in [1.82, 2.24) is 20.8 Å². The average Bonchev–Trinajstić information content (AvgIpc) is 3.35. The number of hydrogen-bond donors (Lipinski definition) is 2. The number of fused-ring (bicyclic) bond motifs is 6. The third-order valence-corrected chi connectivity index (χ3v) is 7.37. The fraction of sp³-hybridized carbons (Fsp3) is 0.364. The summed E-state index contributed by atoms with van der Waals surface area (Å²) in [5, 5.41) is 0. The molecule has 7 heteroatoms. The fourth-order valence-electron chi connectivity index (χ4n) is 5.24. The Hall–Kier alpha value is -3.22. The first-order chi connectivity index (χ1) is 13.8. The van der Waals surface area contributed by atoms with Crippen molar-refractivity contribution in [3.63, 3.8) is 0 Å². The van der Waals surface area contributed by atoms with E-state index in [1.807, 2.05) is 24.3 Å². The quantitative estimate of drug-likeness (QED) is 0.656. The lowest BCUT2D eigenvalue weighted by Crippen LogP contribution is -2.55. The molecule has 0 radical (unpaired) electrons. The van der Waals surface area contributed by atoms with Crippen LogP contribution >= 0.6 is 0 Å². The second-order valence-corrected chi connectivity index (χ2v) is 8.66. The number of carbonyl (C=O) groups is 2. The molecular formula is C22H22N4O3. The summed E-state index contributed by atoms with van der Waals surface area (Å²) >= 11 is 0. The lowest BCUT2D eigenvalue weighted by molar-refractivity contribution is -0.131. The molecule has 0 aliphatic heterocycles.